The lowest BCUT2D eigenvalue weighted by Crippen LogP contribution is -2.10. The van der Waals surface area contributed by atoms with E-state index >= 15 is 0 Å². The number of nitrogens with zero attached hydrogens (tertiary/aromatic N) is 1. The Bertz CT molecular complexity index is 679. The van der Waals surface area contributed by atoms with Crippen LogP contribution in [0, 0.1) is 6.57 Å². The number of anilines is 2. The number of ether oxygens (including phenoxy) is 3. The maximum absolute atomic E-state index is 11.6. The molecule has 2 N–H and O–H groups in total. The van der Waals surface area contributed by atoms with Crippen molar-refractivity contribution in [1.29, 1.82) is 0 Å². The number of carbonyl (C=O) groups is 2. The van der Waals surface area contributed by atoms with Crippen LogP contribution >= 0.6 is 0 Å². The van der Waals surface area contributed by atoms with Gasteiger partial charge < -0.3 is 24.8 Å². The Morgan fingerprint density at radius 3 is 2.68 bits per heavy atom. The minimum atomic E-state index is -0.698. The summed E-state index contributed by atoms with van der Waals surface area (Å²) in [5.41, 5.74) is 0.913. The zero-order chi connectivity index (χ0) is 18.7. The predicted molar refractivity (Wildman–Crippen MR) is 93.1 cm³/mol. The summed E-state index contributed by atoms with van der Waals surface area (Å²) in [7, 11) is 1.56. The first kappa shape index (κ1) is 20.0. The molecule has 1 amide bonds. The zero-order valence-corrected chi connectivity index (χ0v) is 14.4. The van der Waals surface area contributed by atoms with E-state index in [1.165, 1.54) is 13.1 Å². The van der Waals surface area contributed by atoms with Crippen LogP contribution in [0.1, 0.15) is 13.8 Å². The molecule has 25 heavy (non-hydrogen) atoms. The summed E-state index contributed by atoms with van der Waals surface area (Å²) < 4.78 is 15.3. The topological polar surface area (TPSA) is 90.3 Å². The molecule has 0 unspecified atom stereocenters. The van der Waals surface area contributed by atoms with Crippen LogP contribution in [-0.4, -0.2) is 38.8 Å². The first-order chi connectivity index (χ1) is 12.0. The molecule has 134 valence electrons. The van der Waals surface area contributed by atoms with Crippen molar-refractivity contribution < 1.29 is 23.8 Å². The van der Waals surface area contributed by atoms with Crippen molar-refractivity contribution in [1.82, 2.24) is 0 Å². The highest BCUT2D eigenvalue weighted by Crippen LogP contribution is 2.28. The van der Waals surface area contributed by atoms with Gasteiger partial charge in [-0.15, -0.1) is 0 Å². The van der Waals surface area contributed by atoms with Crippen molar-refractivity contribution in [3.8, 4) is 5.75 Å². The second kappa shape index (κ2) is 10.7. The Balaban J connectivity index is 2.96. The second-order valence-corrected chi connectivity index (χ2v) is 4.74. The van der Waals surface area contributed by atoms with Crippen LogP contribution < -0.4 is 15.4 Å². The molecule has 1 aromatic rings. The minimum absolute atomic E-state index is 0.172. The summed E-state index contributed by atoms with van der Waals surface area (Å²) in [6, 6.07) is 4.98. The number of methoxy groups -OCH3 is 1. The van der Waals surface area contributed by atoms with E-state index in [0.29, 0.717) is 30.3 Å². The van der Waals surface area contributed by atoms with Crippen molar-refractivity contribution in [3.63, 3.8) is 0 Å². The number of nitrogens with one attached hydrogen (secondary N) is 2. The summed E-state index contributed by atoms with van der Waals surface area (Å²) in [5, 5.41) is 5.51. The molecule has 0 aliphatic heterocycles. The third-order valence-electron chi connectivity index (χ3n) is 2.82. The van der Waals surface area contributed by atoms with Gasteiger partial charge in [0, 0.05) is 32.0 Å². The van der Waals surface area contributed by atoms with Gasteiger partial charge in [0.2, 0.25) is 5.91 Å². The highest BCUT2D eigenvalue weighted by Gasteiger charge is 2.11. The fourth-order valence-electron chi connectivity index (χ4n) is 1.75. The Morgan fingerprint density at radius 1 is 1.32 bits per heavy atom. The van der Waals surface area contributed by atoms with E-state index in [4.69, 9.17) is 20.8 Å². The number of hydrogen-bond acceptors (Lipinski definition) is 6. The molecule has 0 aliphatic rings. The van der Waals surface area contributed by atoms with Gasteiger partial charge in [-0.3, -0.25) is 9.59 Å². The molecule has 0 aliphatic carbocycles. The molecule has 0 saturated heterocycles. The normalized spacial score (nSPS) is 10.6. The minimum Gasteiger partial charge on any atom is -0.489 e. The second-order valence-electron chi connectivity index (χ2n) is 4.74. The van der Waals surface area contributed by atoms with Gasteiger partial charge in [-0.25, -0.2) is 4.85 Å². The molecule has 0 radical (unpaired) electrons. The average Bonchev–Trinajstić information content (AvgIpc) is 2.57. The van der Waals surface area contributed by atoms with Gasteiger partial charge in [0.25, 0.3) is 5.70 Å². The predicted octanol–water partition coefficient (Wildman–Crippen LogP) is 2.41. The Labute approximate surface area is 146 Å². The Morgan fingerprint density at radius 2 is 2.08 bits per heavy atom. The molecule has 0 heterocycles. The molecule has 0 saturated carbocycles. The van der Waals surface area contributed by atoms with E-state index in [2.05, 4.69) is 15.5 Å². The standard InChI is InChI=1S/C17H21N3O5/c1-5-24-17(22)15(18-3)11-19-13-6-7-14(20-12(2)21)16(10-13)25-9-8-23-4/h6-7,10-11,19H,5,8-9H2,1-2,4H3,(H,20,21)/b15-11-. The van der Waals surface area contributed by atoms with Crippen molar-refractivity contribution in [2.45, 2.75) is 13.8 Å². The summed E-state index contributed by atoms with van der Waals surface area (Å²) in [5.74, 6) is -0.489. The zero-order valence-electron chi connectivity index (χ0n) is 14.4. The molecule has 0 fully saturated rings. The molecule has 8 heteroatoms. The smallest absolute Gasteiger partial charge is 0.337 e. The highest BCUT2D eigenvalue weighted by molar-refractivity contribution is 5.91. The Hall–Kier alpha value is -3.05. The first-order valence-electron chi connectivity index (χ1n) is 7.56. The Kier molecular flexibility index (Phi) is 8.54. The maximum Gasteiger partial charge on any atom is 0.337 e. The lowest BCUT2D eigenvalue weighted by atomic mass is 10.2. The molecule has 1 aromatic carbocycles. The first-order valence-corrected chi connectivity index (χ1v) is 7.56. The summed E-state index contributed by atoms with van der Waals surface area (Å²) in [6.45, 7) is 11.0. The van der Waals surface area contributed by atoms with E-state index in [1.54, 1.807) is 32.2 Å². The number of rotatable bonds is 9. The molecule has 1 rings (SSSR count). The number of carbonyl (C=O) groups excluding carboxylic acids is 2. The van der Waals surface area contributed by atoms with Crippen LogP contribution in [0.3, 0.4) is 0 Å². The van der Waals surface area contributed by atoms with E-state index < -0.39 is 5.97 Å². The lowest BCUT2D eigenvalue weighted by Gasteiger charge is -2.13. The number of hydrogen-bond donors (Lipinski definition) is 2. The third-order valence-corrected chi connectivity index (χ3v) is 2.82. The number of benzene rings is 1. The molecule has 0 spiro atoms. The van der Waals surface area contributed by atoms with Crippen LogP contribution in [0.4, 0.5) is 11.4 Å². The fraction of sp³-hybridized carbons (Fsp3) is 0.353. The van der Waals surface area contributed by atoms with Gasteiger partial charge >= 0.3 is 5.97 Å². The van der Waals surface area contributed by atoms with E-state index in [1.807, 2.05) is 0 Å². The fourth-order valence-corrected chi connectivity index (χ4v) is 1.75. The molecular weight excluding hydrogens is 326 g/mol. The van der Waals surface area contributed by atoms with Crippen LogP contribution in [0.15, 0.2) is 30.1 Å². The summed E-state index contributed by atoms with van der Waals surface area (Å²) in [6.07, 6.45) is 1.26. The van der Waals surface area contributed by atoms with Gasteiger partial charge in [0.15, 0.2) is 0 Å². The van der Waals surface area contributed by atoms with Gasteiger partial charge in [-0.2, -0.15) is 0 Å². The van der Waals surface area contributed by atoms with Gasteiger partial charge in [0.05, 0.1) is 25.5 Å². The van der Waals surface area contributed by atoms with Gasteiger partial charge in [-0.05, 0) is 19.1 Å². The van der Waals surface area contributed by atoms with Crippen LogP contribution in [0.5, 0.6) is 5.75 Å². The highest BCUT2D eigenvalue weighted by atomic mass is 16.5. The third kappa shape index (κ3) is 6.93. The van der Waals surface area contributed by atoms with E-state index in [-0.39, 0.29) is 18.2 Å². The largest absolute Gasteiger partial charge is 0.489 e. The SMILES string of the molecule is [C-]#[N+]/C(=C\Nc1ccc(NC(C)=O)c(OCCOC)c1)C(=O)OCC. The molecule has 8 nitrogen and oxygen atoms in total. The van der Waals surface area contributed by atoms with E-state index in [9.17, 15) is 9.59 Å². The van der Waals surface area contributed by atoms with Crippen molar-refractivity contribution >= 4 is 23.3 Å². The molecule has 0 bridgehead atoms. The van der Waals surface area contributed by atoms with Crippen LogP contribution in [-0.2, 0) is 19.1 Å². The maximum atomic E-state index is 11.6. The van der Waals surface area contributed by atoms with Crippen LogP contribution in [0.2, 0.25) is 0 Å². The van der Waals surface area contributed by atoms with Crippen molar-refractivity contribution in [2.75, 3.05) is 37.6 Å². The molecular formula is C17H21N3O5. The molecule has 0 atom stereocenters. The number of amides is 1. The summed E-state index contributed by atoms with van der Waals surface area (Å²) in [4.78, 5) is 26.0. The van der Waals surface area contributed by atoms with Crippen LogP contribution in [0.25, 0.3) is 4.85 Å². The van der Waals surface area contributed by atoms with E-state index in [0.717, 1.165) is 0 Å². The lowest BCUT2D eigenvalue weighted by molar-refractivity contribution is -0.138. The molecule has 0 aromatic heterocycles. The van der Waals surface area contributed by atoms with Gasteiger partial charge in [-0.1, -0.05) is 0 Å². The number of esters is 1. The average molecular weight is 347 g/mol. The van der Waals surface area contributed by atoms with Crippen molar-refractivity contribution in [3.05, 3.63) is 41.5 Å². The summed E-state index contributed by atoms with van der Waals surface area (Å²) >= 11 is 0. The van der Waals surface area contributed by atoms with Gasteiger partial charge in [0.1, 0.15) is 12.4 Å². The quantitative estimate of drug-likeness (QED) is 0.309. The van der Waals surface area contributed by atoms with Crippen molar-refractivity contribution in [2.24, 2.45) is 0 Å². The monoisotopic (exact) mass is 347 g/mol.